The molecule has 0 saturated carbocycles. The van der Waals surface area contributed by atoms with E-state index < -0.39 is 0 Å². The van der Waals surface area contributed by atoms with E-state index in [0.29, 0.717) is 12.1 Å². The van der Waals surface area contributed by atoms with Crippen molar-refractivity contribution in [3.63, 3.8) is 0 Å². The maximum atomic E-state index is 5.68. The van der Waals surface area contributed by atoms with Gasteiger partial charge in [-0.3, -0.25) is 4.90 Å². The summed E-state index contributed by atoms with van der Waals surface area (Å²) >= 11 is 0. The van der Waals surface area contributed by atoms with Crippen LogP contribution in [0.3, 0.4) is 0 Å². The fourth-order valence-electron chi connectivity index (χ4n) is 3.04. The topological polar surface area (TPSA) is 24.5 Å². The lowest BCUT2D eigenvalue weighted by Gasteiger charge is -2.27. The second-order valence-corrected chi connectivity index (χ2v) is 5.72. The normalized spacial score (nSPS) is 22.6. The summed E-state index contributed by atoms with van der Waals surface area (Å²) in [4.78, 5) is 2.45. The van der Waals surface area contributed by atoms with Crippen molar-refractivity contribution in [2.45, 2.75) is 45.4 Å². The molecule has 0 bridgehead atoms. The molecule has 0 amide bonds. The highest BCUT2D eigenvalue weighted by Crippen LogP contribution is 2.21. The third kappa shape index (κ3) is 4.05. The molecule has 3 nitrogen and oxygen atoms in total. The van der Waals surface area contributed by atoms with Crippen LogP contribution < -0.4 is 5.32 Å². The van der Waals surface area contributed by atoms with E-state index in [1.165, 1.54) is 11.1 Å². The molecular formula is C17H28N2O. The lowest BCUT2D eigenvalue weighted by molar-refractivity contribution is 0.0813. The Morgan fingerprint density at radius 1 is 1.30 bits per heavy atom. The summed E-state index contributed by atoms with van der Waals surface area (Å²) in [5.41, 5.74) is 2.92. The second-order valence-electron chi connectivity index (χ2n) is 5.72. The molecule has 1 N–H and O–H groups in total. The Morgan fingerprint density at radius 3 is 2.70 bits per heavy atom. The van der Waals surface area contributed by atoms with Crippen LogP contribution in [0, 0.1) is 0 Å². The van der Waals surface area contributed by atoms with Crippen molar-refractivity contribution in [2.75, 3.05) is 26.7 Å². The quantitative estimate of drug-likeness (QED) is 0.774. The van der Waals surface area contributed by atoms with Crippen molar-refractivity contribution in [1.29, 1.82) is 0 Å². The third-order valence-electron chi connectivity index (χ3n) is 4.26. The van der Waals surface area contributed by atoms with Gasteiger partial charge in [0.1, 0.15) is 0 Å². The number of likely N-dealkylation sites (N-methyl/N-ethyl adjacent to an activating group) is 2. The van der Waals surface area contributed by atoms with Crippen LogP contribution in [-0.4, -0.2) is 43.8 Å². The largest absolute Gasteiger partial charge is 0.377 e. The van der Waals surface area contributed by atoms with Crippen LogP contribution in [0.1, 0.15) is 31.4 Å². The molecule has 0 aromatic heterocycles. The zero-order chi connectivity index (χ0) is 14.4. The van der Waals surface area contributed by atoms with Crippen LogP contribution in [0.5, 0.6) is 0 Å². The second kappa shape index (κ2) is 7.77. The average molecular weight is 276 g/mol. The van der Waals surface area contributed by atoms with Crippen LogP contribution in [0.15, 0.2) is 24.3 Å². The van der Waals surface area contributed by atoms with E-state index in [9.17, 15) is 0 Å². The monoisotopic (exact) mass is 276 g/mol. The van der Waals surface area contributed by atoms with E-state index in [1.807, 2.05) is 0 Å². The molecule has 1 aromatic carbocycles. The Balaban J connectivity index is 1.97. The molecule has 0 aliphatic carbocycles. The molecule has 1 aromatic rings. The molecule has 20 heavy (non-hydrogen) atoms. The maximum absolute atomic E-state index is 5.68. The maximum Gasteiger partial charge on any atom is 0.0703 e. The molecule has 1 heterocycles. The van der Waals surface area contributed by atoms with Crippen molar-refractivity contribution in [1.82, 2.24) is 10.2 Å². The minimum atomic E-state index is 0.355. The highest BCUT2D eigenvalue weighted by molar-refractivity contribution is 5.27. The summed E-state index contributed by atoms with van der Waals surface area (Å²) in [5.74, 6) is 0. The van der Waals surface area contributed by atoms with Crippen molar-refractivity contribution in [3.05, 3.63) is 35.4 Å². The fourth-order valence-corrected chi connectivity index (χ4v) is 3.04. The van der Waals surface area contributed by atoms with Crippen LogP contribution >= 0.6 is 0 Å². The number of rotatable bonds is 7. The minimum Gasteiger partial charge on any atom is -0.377 e. The van der Waals surface area contributed by atoms with E-state index in [2.05, 4.69) is 55.4 Å². The van der Waals surface area contributed by atoms with Crippen molar-refractivity contribution >= 4 is 0 Å². The lowest BCUT2D eigenvalue weighted by Crippen LogP contribution is -2.36. The van der Waals surface area contributed by atoms with Gasteiger partial charge in [-0.05, 0) is 51.0 Å². The first-order valence-electron chi connectivity index (χ1n) is 7.81. The first kappa shape index (κ1) is 15.5. The van der Waals surface area contributed by atoms with Crippen LogP contribution in [-0.2, 0) is 17.7 Å². The zero-order valence-corrected chi connectivity index (χ0v) is 13.1. The van der Waals surface area contributed by atoms with Gasteiger partial charge < -0.3 is 10.1 Å². The van der Waals surface area contributed by atoms with E-state index in [0.717, 1.165) is 39.1 Å². The van der Waals surface area contributed by atoms with Gasteiger partial charge in [-0.2, -0.15) is 0 Å². The predicted octanol–water partition coefficient (Wildman–Crippen LogP) is 2.45. The first-order chi connectivity index (χ1) is 9.72. The van der Waals surface area contributed by atoms with E-state index in [-0.39, 0.29) is 0 Å². The summed E-state index contributed by atoms with van der Waals surface area (Å²) in [5, 5.41) is 3.41. The van der Waals surface area contributed by atoms with Gasteiger partial charge in [0.2, 0.25) is 0 Å². The van der Waals surface area contributed by atoms with Crippen LogP contribution in [0.2, 0.25) is 0 Å². The van der Waals surface area contributed by atoms with E-state index in [4.69, 9.17) is 4.74 Å². The molecule has 2 rings (SSSR count). The predicted molar refractivity (Wildman–Crippen MR) is 84.0 cm³/mol. The Kier molecular flexibility index (Phi) is 6.02. The van der Waals surface area contributed by atoms with Gasteiger partial charge in [-0.15, -0.1) is 0 Å². The van der Waals surface area contributed by atoms with E-state index >= 15 is 0 Å². The molecule has 2 unspecified atom stereocenters. The lowest BCUT2D eigenvalue weighted by atomic mass is 10.0. The SMILES string of the molecule is CCNCCc1ccccc1CN(C)C1CCOC1C. The minimum absolute atomic E-state index is 0.355. The molecule has 1 fully saturated rings. The van der Waals surface area contributed by atoms with Crippen LogP contribution in [0.25, 0.3) is 0 Å². The highest BCUT2D eigenvalue weighted by Gasteiger charge is 2.27. The molecule has 0 spiro atoms. The van der Waals surface area contributed by atoms with Crippen molar-refractivity contribution in [3.8, 4) is 0 Å². The van der Waals surface area contributed by atoms with Crippen molar-refractivity contribution in [2.24, 2.45) is 0 Å². The number of benzene rings is 1. The molecule has 1 aliphatic rings. The molecule has 112 valence electrons. The zero-order valence-electron chi connectivity index (χ0n) is 13.1. The summed E-state index contributed by atoms with van der Waals surface area (Å²) in [7, 11) is 2.22. The summed E-state index contributed by atoms with van der Waals surface area (Å²) in [6, 6.07) is 9.37. The number of hydrogen-bond acceptors (Lipinski definition) is 3. The molecule has 1 aliphatic heterocycles. The van der Waals surface area contributed by atoms with Crippen molar-refractivity contribution < 1.29 is 4.74 Å². The summed E-state index contributed by atoms with van der Waals surface area (Å²) in [6.45, 7) is 8.35. The fraction of sp³-hybridized carbons (Fsp3) is 0.647. The molecule has 2 atom stereocenters. The first-order valence-corrected chi connectivity index (χ1v) is 7.81. The molecule has 0 radical (unpaired) electrons. The Morgan fingerprint density at radius 2 is 2.05 bits per heavy atom. The third-order valence-corrected chi connectivity index (χ3v) is 4.26. The van der Waals surface area contributed by atoms with Gasteiger partial charge in [-0.25, -0.2) is 0 Å². The smallest absolute Gasteiger partial charge is 0.0703 e. The van der Waals surface area contributed by atoms with Gasteiger partial charge in [0.25, 0.3) is 0 Å². The average Bonchev–Trinajstić information content (AvgIpc) is 2.87. The van der Waals surface area contributed by atoms with Gasteiger partial charge in [-0.1, -0.05) is 31.2 Å². The molecule has 1 saturated heterocycles. The number of nitrogens with zero attached hydrogens (tertiary/aromatic N) is 1. The van der Waals surface area contributed by atoms with Gasteiger partial charge in [0, 0.05) is 19.2 Å². The Hall–Kier alpha value is -0.900. The molecular weight excluding hydrogens is 248 g/mol. The van der Waals surface area contributed by atoms with Crippen LogP contribution in [0.4, 0.5) is 0 Å². The summed E-state index contributed by atoms with van der Waals surface area (Å²) in [6.07, 6.45) is 2.61. The number of hydrogen-bond donors (Lipinski definition) is 1. The highest BCUT2D eigenvalue weighted by atomic mass is 16.5. The number of ether oxygens (including phenoxy) is 1. The van der Waals surface area contributed by atoms with Gasteiger partial charge in [0.15, 0.2) is 0 Å². The Labute approximate surface area is 123 Å². The Bertz CT molecular complexity index is 408. The summed E-state index contributed by atoms with van der Waals surface area (Å²) < 4.78 is 5.68. The van der Waals surface area contributed by atoms with Gasteiger partial charge in [0.05, 0.1) is 6.10 Å². The molecule has 3 heteroatoms. The van der Waals surface area contributed by atoms with E-state index in [1.54, 1.807) is 0 Å². The van der Waals surface area contributed by atoms with Gasteiger partial charge >= 0.3 is 0 Å². The number of nitrogens with one attached hydrogen (secondary N) is 1. The standard InChI is InChI=1S/C17H28N2O/c1-4-18-11-9-15-7-5-6-8-16(15)13-19(3)17-10-12-20-14(17)2/h5-8,14,17-18H,4,9-13H2,1-3H3.